The van der Waals surface area contributed by atoms with Gasteiger partial charge in [0.15, 0.2) is 0 Å². The standard InChI is InChI=1S/C8H12N4O3S/c1-16(13,14)11-3-7-8(4-11)15-5-6-2-9-10-12(6)7/h2,7-8H,3-5H2,1H3/t7-,8-/m1/s1. The molecule has 0 saturated carbocycles. The van der Waals surface area contributed by atoms with Crippen molar-refractivity contribution in [2.75, 3.05) is 19.3 Å². The first-order valence-electron chi connectivity index (χ1n) is 5.01. The molecule has 0 spiro atoms. The summed E-state index contributed by atoms with van der Waals surface area (Å²) in [5, 5.41) is 7.80. The lowest BCUT2D eigenvalue weighted by molar-refractivity contribution is -0.00389. The zero-order chi connectivity index (χ0) is 11.3. The van der Waals surface area contributed by atoms with Crippen molar-refractivity contribution in [3.8, 4) is 0 Å². The lowest BCUT2D eigenvalue weighted by Gasteiger charge is -2.25. The lowest BCUT2D eigenvalue weighted by atomic mass is 10.2. The average molecular weight is 244 g/mol. The van der Waals surface area contributed by atoms with Crippen LogP contribution in [0.4, 0.5) is 0 Å². The molecular formula is C8H12N4O3S. The minimum atomic E-state index is -3.15. The largest absolute Gasteiger partial charge is 0.368 e. The van der Waals surface area contributed by atoms with Crippen LogP contribution in [0.15, 0.2) is 6.20 Å². The van der Waals surface area contributed by atoms with Gasteiger partial charge in [-0.05, 0) is 0 Å². The first-order chi connectivity index (χ1) is 7.55. The second kappa shape index (κ2) is 3.25. The van der Waals surface area contributed by atoms with E-state index in [1.165, 1.54) is 10.6 Å². The Labute approximate surface area is 93.0 Å². The van der Waals surface area contributed by atoms with Crippen LogP contribution in [0.1, 0.15) is 11.7 Å². The molecule has 0 aromatic carbocycles. The molecule has 1 aromatic rings. The molecule has 1 aromatic heterocycles. The molecule has 0 bridgehead atoms. The Bertz CT molecular complexity index is 511. The predicted octanol–water partition coefficient (Wildman–Crippen LogP) is -1.01. The average Bonchev–Trinajstić information content (AvgIpc) is 2.81. The molecule has 0 aliphatic carbocycles. The SMILES string of the molecule is CS(=O)(=O)N1C[C@@H]2[C@@H](C1)OCc1cnnn12. The molecule has 0 N–H and O–H groups in total. The van der Waals surface area contributed by atoms with Gasteiger partial charge in [0.2, 0.25) is 10.0 Å². The topological polar surface area (TPSA) is 77.3 Å². The van der Waals surface area contributed by atoms with E-state index in [0.29, 0.717) is 19.7 Å². The van der Waals surface area contributed by atoms with Gasteiger partial charge >= 0.3 is 0 Å². The molecule has 88 valence electrons. The Kier molecular flexibility index (Phi) is 2.07. The Morgan fingerprint density at radius 1 is 1.50 bits per heavy atom. The molecule has 7 nitrogen and oxygen atoms in total. The van der Waals surface area contributed by atoms with Crippen molar-refractivity contribution in [2.45, 2.75) is 18.8 Å². The normalized spacial score (nSPS) is 30.1. The Balaban J connectivity index is 1.93. The summed E-state index contributed by atoms with van der Waals surface area (Å²) in [5.41, 5.74) is 0.900. The van der Waals surface area contributed by atoms with E-state index in [1.807, 2.05) is 0 Å². The van der Waals surface area contributed by atoms with E-state index in [-0.39, 0.29) is 12.1 Å². The zero-order valence-electron chi connectivity index (χ0n) is 8.78. The molecule has 0 unspecified atom stereocenters. The van der Waals surface area contributed by atoms with E-state index < -0.39 is 10.0 Å². The van der Waals surface area contributed by atoms with Crippen molar-refractivity contribution in [3.63, 3.8) is 0 Å². The first-order valence-corrected chi connectivity index (χ1v) is 6.86. The number of nitrogens with zero attached hydrogens (tertiary/aromatic N) is 4. The number of sulfonamides is 1. The summed E-state index contributed by atoms with van der Waals surface area (Å²) in [6.45, 7) is 1.27. The van der Waals surface area contributed by atoms with Crippen LogP contribution >= 0.6 is 0 Å². The van der Waals surface area contributed by atoms with Crippen molar-refractivity contribution in [1.29, 1.82) is 0 Å². The van der Waals surface area contributed by atoms with Crippen LogP contribution in [0.25, 0.3) is 0 Å². The van der Waals surface area contributed by atoms with Crippen molar-refractivity contribution >= 4 is 10.0 Å². The number of fused-ring (bicyclic) bond motifs is 3. The molecule has 2 aliphatic heterocycles. The number of aromatic nitrogens is 3. The minimum Gasteiger partial charge on any atom is -0.368 e. The molecule has 3 heterocycles. The van der Waals surface area contributed by atoms with Gasteiger partial charge in [-0.3, -0.25) is 0 Å². The van der Waals surface area contributed by atoms with Gasteiger partial charge < -0.3 is 4.74 Å². The predicted molar refractivity (Wildman–Crippen MR) is 54.1 cm³/mol. The molecule has 8 heteroatoms. The summed E-state index contributed by atoms with van der Waals surface area (Å²) in [6.07, 6.45) is 2.76. The van der Waals surface area contributed by atoms with Crippen molar-refractivity contribution in [3.05, 3.63) is 11.9 Å². The molecule has 3 rings (SSSR count). The second-order valence-electron chi connectivity index (χ2n) is 4.17. The van der Waals surface area contributed by atoms with Crippen LogP contribution in [0.3, 0.4) is 0 Å². The van der Waals surface area contributed by atoms with Gasteiger partial charge in [0, 0.05) is 13.1 Å². The molecule has 16 heavy (non-hydrogen) atoms. The molecule has 1 fully saturated rings. The fourth-order valence-electron chi connectivity index (χ4n) is 2.23. The molecule has 0 amide bonds. The fraction of sp³-hybridized carbons (Fsp3) is 0.750. The summed E-state index contributed by atoms with van der Waals surface area (Å²) in [6, 6.07) is -0.0408. The monoisotopic (exact) mass is 244 g/mol. The van der Waals surface area contributed by atoms with E-state index in [1.54, 1.807) is 10.9 Å². The molecule has 2 atom stereocenters. The van der Waals surface area contributed by atoms with E-state index in [0.717, 1.165) is 5.69 Å². The summed E-state index contributed by atoms with van der Waals surface area (Å²) in [7, 11) is -3.15. The van der Waals surface area contributed by atoms with E-state index in [2.05, 4.69) is 10.3 Å². The van der Waals surface area contributed by atoms with E-state index in [4.69, 9.17) is 4.74 Å². The summed E-state index contributed by atoms with van der Waals surface area (Å²) >= 11 is 0. The zero-order valence-corrected chi connectivity index (χ0v) is 9.59. The highest BCUT2D eigenvalue weighted by molar-refractivity contribution is 7.88. The van der Waals surface area contributed by atoms with Gasteiger partial charge in [-0.25, -0.2) is 13.1 Å². The van der Waals surface area contributed by atoms with Crippen LogP contribution in [0, 0.1) is 0 Å². The molecule has 2 aliphatic rings. The third-order valence-electron chi connectivity index (χ3n) is 3.08. The third kappa shape index (κ3) is 1.45. The second-order valence-corrected chi connectivity index (χ2v) is 6.15. The van der Waals surface area contributed by atoms with E-state index >= 15 is 0 Å². The lowest BCUT2D eigenvalue weighted by Crippen LogP contribution is -2.32. The highest BCUT2D eigenvalue weighted by Gasteiger charge is 2.42. The maximum atomic E-state index is 11.5. The van der Waals surface area contributed by atoms with Crippen LogP contribution in [-0.4, -0.2) is 53.2 Å². The summed E-state index contributed by atoms with van der Waals surface area (Å²) in [4.78, 5) is 0. The van der Waals surface area contributed by atoms with Crippen LogP contribution in [0.2, 0.25) is 0 Å². The maximum absolute atomic E-state index is 11.5. The van der Waals surface area contributed by atoms with Crippen LogP contribution in [-0.2, 0) is 21.4 Å². The Morgan fingerprint density at radius 3 is 3.06 bits per heavy atom. The summed E-state index contributed by atoms with van der Waals surface area (Å²) < 4.78 is 31.7. The number of hydrogen-bond donors (Lipinski definition) is 0. The molecule has 0 radical (unpaired) electrons. The molecule has 1 saturated heterocycles. The fourth-order valence-corrected chi connectivity index (χ4v) is 3.07. The smallest absolute Gasteiger partial charge is 0.211 e. The van der Waals surface area contributed by atoms with Crippen molar-refractivity contribution in [1.82, 2.24) is 19.3 Å². The van der Waals surface area contributed by atoms with Crippen molar-refractivity contribution in [2.24, 2.45) is 0 Å². The highest BCUT2D eigenvalue weighted by Crippen LogP contribution is 2.30. The summed E-state index contributed by atoms with van der Waals surface area (Å²) in [5.74, 6) is 0. The van der Waals surface area contributed by atoms with Crippen LogP contribution < -0.4 is 0 Å². The third-order valence-corrected chi connectivity index (χ3v) is 4.32. The van der Waals surface area contributed by atoms with Gasteiger partial charge in [0.25, 0.3) is 0 Å². The first kappa shape index (κ1) is 10.2. The Morgan fingerprint density at radius 2 is 2.31 bits per heavy atom. The maximum Gasteiger partial charge on any atom is 0.211 e. The number of ether oxygens (including phenoxy) is 1. The van der Waals surface area contributed by atoms with Gasteiger partial charge in [-0.1, -0.05) is 5.21 Å². The minimum absolute atomic E-state index is 0.0408. The number of rotatable bonds is 1. The van der Waals surface area contributed by atoms with Gasteiger partial charge in [-0.15, -0.1) is 5.10 Å². The van der Waals surface area contributed by atoms with E-state index in [9.17, 15) is 8.42 Å². The van der Waals surface area contributed by atoms with Gasteiger partial charge in [0.05, 0.1) is 36.9 Å². The quantitative estimate of drug-likeness (QED) is 0.633. The highest BCUT2D eigenvalue weighted by atomic mass is 32.2. The number of hydrogen-bond acceptors (Lipinski definition) is 5. The van der Waals surface area contributed by atoms with Gasteiger partial charge in [-0.2, -0.15) is 4.31 Å². The van der Waals surface area contributed by atoms with Gasteiger partial charge in [0.1, 0.15) is 0 Å². The van der Waals surface area contributed by atoms with Crippen LogP contribution in [0.5, 0.6) is 0 Å². The molecular weight excluding hydrogens is 232 g/mol. The Hall–Kier alpha value is -0.990. The van der Waals surface area contributed by atoms with Crippen molar-refractivity contribution < 1.29 is 13.2 Å².